The lowest BCUT2D eigenvalue weighted by molar-refractivity contribution is -0.383. The lowest BCUT2D eigenvalue weighted by atomic mass is 9.96. The van der Waals surface area contributed by atoms with E-state index in [2.05, 4.69) is 24.5 Å². The minimum absolute atomic E-state index is 0.0255. The van der Waals surface area contributed by atoms with Crippen molar-refractivity contribution in [3.8, 4) is 0 Å². The van der Waals surface area contributed by atoms with E-state index in [4.69, 9.17) is 12.2 Å². The molecule has 0 saturated heterocycles. The van der Waals surface area contributed by atoms with Gasteiger partial charge in [-0.15, -0.1) is 0 Å². The number of thiocarbonyl (C=S) groups is 1. The first-order valence-corrected chi connectivity index (χ1v) is 9.13. The molecule has 0 spiro atoms. The molecule has 1 atom stereocenters. The van der Waals surface area contributed by atoms with E-state index in [9.17, 15) is 14.9 Å². The first-order chi connectivity index (χ1) is 12.8. The number of carbonyl (C=O) groups excluding carboxylic acids is 1. The van der Waals surface area contributed by atoms with Gasteiger partial charge >= 0.3 is 0 Å². The lowest BCUT2D eigenvalue weighted by Crippen LogP contribution is -2.36. The molecule has 27 heavy (non-hydrogen) atoms. The molecule has 0 aliphatic heterocycles. The van der Waals surface area contributed by atoms with Crippen LogP contribution in [-0.2, 0) is 11.2 Å². The molecular formula is C20H23N3O3S. The van der Waals surface area contributed by atoms with Gasteiger partial charge in [0.2, 0.25) is 5.91 Å². The van der Waals surface area contributed by atoms with Crippen molar-refractivity contribution in [3.63, 3.8) is 0 Å². The summed E-state index contributed by atoms with van der Waals surface area (Å²) in [7, 11) is 0. The van der Waals surface area contributed by atoms with Crippen LogP contribution in [0.15, 0.2) is 48.5 Å². The Balaban J connectivity index is 2.00. The van der Waals surface area contributed by atoms with Gasteiger partial charge in [0.25, 0.3) is 5.69 Å². The number of carbonyl (C=O) groups is 1. The number of benzene rings is 2. The molecule has 1 amide bonds. The van der Waals surface area contributed by atoms with Crippen LogP contribution < -0.4 is 10.6 Å². The standard InChI is InChI=1S/C20H23N3O3S/c1-13(2)12-15-8-10-16(11-9-15)14(3)19(24)22-20(27)21-17-6-4-5-7-18(17)23(25)26/h4-11,13-14H,12H2,1-3H3,(H2,21,22,24,27). The highest BCUT2D eigenvalue weighted by molar-refractivity contribution is 7.80. The molecule has 2 N–H and O–H groups in total. The van der Waals surface area contributed by atoms with E-state index < -0.39 is 10.8 Å². The number of nitro groups is 1. The Morgan fingerprint density at radius 3 is 2.33 bits per heavy atom. The van der Waals surface area contributed by atoms with Crippen molar-refractivity contribution in [2.45, 2.75) is 33.1 Å². The summed E-state index contributed by atoms with van der Waals surface area (Å²) in [6, 6.07) is 14.1. The van der Waals surface area contributed by atoms with Crippen LogP contribution in [0.2, 0.25) is 0 Å². The van der Waals surface area contributed by atoms with Crippen LogP contribution in [-0.4, -0.2) is 15.9 Å². The minimum atomic E-state index is -0.506. The molecule has 0 aliphatic rings. The number of nitrogens with one attached hydrogen (secondary N) is 2. The van der Waals surface area contributed by atoms with Crippen molar-refractivity contribution in [1.82, 2.24) is 5.32 Å². The molecule has 142 valence electrons. The second-order valence-corrected chi connectivity index (χ2v) is 7.19. The van der Waals surface area contributed by atoms with Crippen LogP contribution in [0.1, 0.15) is 37.8 Å². The summed E-state index contributed by atoms with van der Waals surface area (Å²) >= 11 is 5.13. The summed E-state index contributed by atoms with van der Waals surface area (Å²) in [6.07, 6.45) is 0.991. The third-order valence-corrected chi connectivity index (χ3v) is 4.31. The molecule has 0 saturated carbocycles. The fraction of sp³-hybridized carbons (Fsp3) is 0.300. The van der Waals surface area contributed by atoms with Gasteiger partial charge in [-0.1, -0.05) is 50.2 Å². The molecule has 0 radical (unpaired) electrons. The van der Waals surface area contributed by atoms with E-state index in [0.29, 0.717) is 5.92 Å². The van der Waals surface area contributed by atoms with Gasteiger partial charge in [0.05, 0.1) is 10.8 Å². The first kappa shape index (κ1) is 20.5. The predicted molar refractivity (Wildman–Crippen MR) is 111 cm³/mol. The van der Waals surface area contributed by atoms with Gasteiger partial charge in [-0.3, -0.25) is 14.9 Å². The Hall–Kier alpha value is -2.80. The predicted octanol–water partition coefficient (Wildman–Crippen LogP) is 4.41. The normalized spacial score (nSPS) is 11.7. The summed E-state index contributed by atoms with van der Waals surface area (Å²) in [6.45, 7) is 6.12. The average Bonchev–Trinajstić information content (AvgIpc) is 2.61. The van der Waals surface area contributed by atoms with Crippen LogP contribution in [0.25, 0.3) is 0 Å². The van der Waals surface area contributed by atoms with Crippen molar-refractivity contribution >= 4 is 34.6 Å². The maximum Gasteiger partial charge on any atom is 0.292 e. The van der Waals surface area contributed by atoms with Crippen LogP contribution in [0.5, 0.6) is 0 Å². The summed E-state index contributed by atoms with van der Waals surface area (Å²) in [5.41, 5.74) is 2.24. The van der Waals surface area contributed by atoms with E-state index in [1.807, 2.05) is 24.3 Å². The zero-order chi connectivity index (χ0) is 20.0. The largest absolute Gasteiger partial charge is 0.327 e. The van der Waals surface area contributed by atoms with Gasteiger partial charge in [-0.2, -0.15) is 0 Å². The highest BCUT2D eigenvalue weighted by atomic mass is 32.1. The zero-order valence-electron chi connectivity index (χ0n) is 15.6. The molecule has 0 aromatic heterocycles. The van der Waals surface area contributed by atoms with Crippen LogP contribution >= 0.6 is 12.2 Å². The van der Waals surface area contributed by atoms with Crippen LogP contribution in [0.4, 0.5) is 11.4 Å². The number of hydrogen-bond donors (Lipinski definition) is 2. The number of hydrogen-bond acceptors (Lipinski definition) is 4. The Morgan fingerprint density at radius 1 is 1.11 bits per heavy atom. The average molecular weight is 385 g/mol. The highest BCUT2D eigenvalue weighted by Gasteiger charge is 2.18. The SMILES string of the molecule is CC(C)Cc1ccc(C(C)C(=O)NC(=S)Nc2ccccc2[N+](=O)[O-])cc1. The number of nitrogens with zero attached hydrogens (tertiary/aromatic N) is 1. The van der Waals surface area contributed by atoms with Crippen molar-refractivity contribution < 1.29 is 9.72 Å². The van der Waals surface area contributed by atoms with Gasteiger partial charge in [0.15, 0.2) is 5.11 Å². The topological polar surface area (TPSA) is 84.3 Å². The van der Waals surface area contributed by atoms with Gasteiger partial charge in [0, 0.05) is 6.07 Å². The quantitative estimate of drug-likeness (QED) is 0.437. The van der Waals surface area contributed by atoms with Gasteiger partial charge in [0.1, 0.15) is 5.69 Å². The Kier molecular flexibility index (Phi) is 7.01. The molecule has 1 unspecified atom stereocenters. The lowest BCUT2D eigenvalue weighted by Gasteiger charge is -2.15. The molecule has 2 aromatic carbocycles. The van der Waals surface area contributed by atoms with E-state index in [1.54, 1.807) is 19.1 Å². The van der Waals surface area contributed by atoms with Crippen molar-refractivity contribution in [1.29, 1.82) is 0 Å². The van der Waals surface area contributed by atoms with Crippen LogP contribution in [0.3, 0.4) is 0 Å². The van der Waals surface area contributed by atoms with Crippen LogP contribution in [0, 0.1) is 16.0 Å². The summed E-state index contributed by atoms with van der Waals surface area (Å²) < 4.78 is 0. The summed E-state index contributed by atoms with van der Waals surface area (Å²) in [5.74, 6) is -0.103. The van der Waals surface area contributed by atoms with E-state index in [-0.39, 0.29) is 22.4 Å². The van der Waals surface area contributed by atoms with E-state index in [1.165, 1.54) is 17.7 Å². The molecule has 0 fully saturated rings. The molecular weight excluding hydrogens is 362 g/mol. The third-order valence-electron chi connectivity index (χ3n) is 4.10. The fourth-order valence-corrected chi connectivity index (χ4v) is 2.89. The molecule has 0 heterocycles. The molecule has 0 aliphatic carbocycles. The summed E-state index contributed by atoms with van der Waals surface area (Å²) in [4.78, 5) is 23.0. The third kappa shape index (κ3) is 5.86. The number of para-hydroxylation sites is 2. The zero-order valence-corrected chi connectivity index (χ0v) is 16.4. The first-order valence-electron chi connectivity index (χ1n) is 8.72. The van der Waals surface area contributed by atoms with Crippen molar-refractivity contribution in [3.05, 3.63) is 69.8 Å². The van der Waals surface area contributed by atoms with Gasteiger partial charge in [-0.05, 0) is 48.7 Å². The molecule has 0 bridgehead atoms. The maximum absolute atomic E-state index is 12.5. The molecule has 2 rings (SSSR count). The van der Waals surface area contributed by atoms with E-state index in [0.717, 1.165) is 12.0 Å². The number of nitro benzene ring substituents is 1. The van der Waals surface area contributed by atoms with Gasteiger partial charge < -0.3 is 10.6 Å². The monoisotopic (exact) mass is 385 g/mol. The number of amides is 1. The summed E-state index contributed by atoms with van der Waals surface area (Å²) in [5, 5.41) is 16.4. The smallest absolute Gasteiger partial charge is 0.292 e. The Morgan fingerprint density at radius 2 is 1.74 bits per heavy atom. The number of anilines is 1. The second-order valence-electron chi connectivity index (χ2n) is 6.78. The molecule has 7 heteroatoms. The highest BCUT2D eigenvalue weighted by Crippen LogP contribution is 2.23. The van der Waals surface area contributed by atoms with Gasteiger partial charge in [-0.25, -0.2) is 0 Å². The molecule has 2 aromatic rings. The maximum atomic E-state index is 12.5. The Bertz CT molecular complexity index is 835. The van der Waals surface area contributed by atoms with Crippen molar-refractivity contribution in [2.75, 3.05) is 5.32 Å². The minimum Gasteiger partial charge on any atom is -0.327 e. The fourth-order valence-electron chi connectivity index (χ4n) is 2.68. The number of rotatable bonds is 6. The van der Waals surface area contributed by atoms with Crippen molar-refractivity contribution in [2.24, 2.45) is 5.92 Å². The Labute approximate surface area is 164 Å². The second kappa shape index (κ2) is 9.23. The molecule has 6 nitrogen and oxygen atoms in total. The van der Waals surface area contributed by atoms with E-state index >= 15 is 0 Å².